The van der Waals surface area contributed by atoms with Crippen molar-refractivity contribution in [1.82, 2.24) is 4.90 Å². The molecule has 0 unspecified atom stereocenters. The van der Waals surface area contributed by atoms with E-state index in [9.17, 15) is 4.79 Å². The lowest BCUT2D eigenvalue weighted by Gasteiger charge is -2.16. The summed E-state index contributed by atoms with van der Waals surface area (Å²) in [5, 5.41) is 9.02. The van der Waals surface area contributed by atoms with Crippen molar-refractivity contribution >= 4 is 17.5 Å². The Hall–Kier alpha value is -1.54. The Morgan fingerprint density at radius 3 is 2.84 bits per heavy atom. The van der Waals surface area contributed by atoms with E-state index in [1.807, 2.05) is 0 Å². The summed E-state index contributed by atoms with van der Waals surface area (Å²) in [4.78, 5) is 13.6. The van der Waals surface area contributed by atoms with Crippen LogP contribution in [0.5, 0.6) is 0 Å². The fourth-order valence-corrected chi connectivity index (χ4v) is 1.66. The third kappa shape index (κ3) is 4.56. The van der Waals surface area contributed by atoms with Crippen LogP contribution in [0, 0.1) is 11.8 Å². The van der Waals surface area contributed by atoms with Gasteiger partial charge in [0.1, 0.15) is 6.61 Å². The van der Waals surface area contributed by atoms with E-state index in [0.717, 1.165) is 0 Å². The molecule has 0 saturated heterocycles. The molecule has 4 nitrogen and oxygen atoms in total. The minimum absolute atomic E-state index is 0.124. The van der Waals surface area contributed by atoms with Crippen molar-refractivity contribution in [2.45, 2.75) is 0 Å². The second kappa shape index (κ2) is 7.80. The van der Waals surface area contributed by atoms with E-state index < -0.39 is 0 Å². The predicted molar refractivity (Wildman–Crippen MR) is 74.3 cm³/mol. The zero-order chi connectivity index (χ0) is 14.3. The number of hydrogen-bond donors (Lipinski definition) is 1. The standard InChI is InChI=1S/C14H16ClNO3/c1-16(7-9-19-2)14(18)12-6-5-11(4-3-8-17)13(15)10-12/h5-6,10,17H,7-9H2,1-2H3. The number of ether oxygens (including phenoxy) is 1. The summed E-state index contributed by atoms with van der Waals surface area (Å²) < 4.78 is 4.92. The Labute approximate surface area is 117 Å². The molecule has 1 aromatic rings. The number of aliphatic hydroxyl groups is 1. The first-order chi connectivity index (χ1) is 9.10. The molecule has 0 bridgehead atoms. The molecule has 0 fully saturated rings. The highest BCUT2D eigenvalue weighted by molar-refractivity contribution is 6.32. The number of halogens is 1. The second-order valence-corrected chi connectivity index (χ2v) is 4.28. The van der Waals surface area contributed by atoms with E-state index in [2.05, 4.69) is 11.8 Å². The molecule has 0 spiro atoms. The van der Waals surface area contributed by atoms with Crippen LogP contribution in [0.3, 0.4) is 0 Å². The number of hydrogen-bond acceptors (Lipinski definition) is 3. The van der Waals surface area contributed by atoms with Gasteiger partial charge in [0.2, 0.25) is 0 Å². The average molecular weight is 282 g/mol. The summed E-state index contributed by atoms with van der Waals surface area (Å²) in [6, 6.07) is 4.91. The van der Waals surface area contributed by atoms with Gasteiger partial charge in [-0.15, -0.1) is 0 Å². The first-order valence-corrected chi connectivity index (χ1v) is 6.11. The van der Waals surface area contributed by atoms with Gasteiger partial charge in [0.25, 0.3) is 5.91 Å². The Bertz CT molecular complexity index is 505. The normalized spacial score (nSPS) is 9.68. The molecule has 1 aromatic carbocycles. The number of aliphatic hydroxyl groups excluding tert-OH is 1. The summed E-state index contributed by atoms with van der Waals surface area (Å²) in [6.45, 7) is 0.770. The molecular formula is C14H16ClNO3. The largest absolute Gasteiger partial charge is 0.384 e. The minimum Gasteiger partial charge on any atom is -0.384 e. The lowest BCUT2D eigenvalue weighted by Crippen LogP contribution is -2.29. The van der Waals surface area contributed by atoms with Crippen LogP contribution in [0.1, 0.15) is 15.9 Å². The van der Waals surface area contributed by atoms with E-state index in [-0.39, 0.29) is 12.5 Å². The van der Waals surface area contributed by atoms with E-state index in [0.29, 0.717) is 29.3 Å². The Kier molecular flexibility index (Phi) is 6.37. The molecule has 1 N–H and O–H groups in total. The third-order valence-electron chi connectivity index (χ3n) is 2.50. The highest BCUT2D eigenvalue weighted by Gasteiger charge is 2.12. The van der Waals surface area contributed by atoms with Crippen molar-refractivity contribution in [3.63, 3.8) is 0 Å². The van der Waals surface area contributed by atoms with Gasteiger partial charge >= 0.3 is 0 Å². The van der Waals surface area contributed by atoms with Gasteiger partial charge in [-0.25, -0.2) is 0 Å². The second-order valence-electron chi connectivity index (χ2n) is 3.87. The van der Waals surface area contributed by atoms with E-state index in [1.54, 1.807) is 37.3 Å². The third-order valence-corrected chi connectivity index (χ3v) is 2.81. The Morgan fingerprint density at radius 2 is 2.26 bits per heavy atom. The summed E-state index contributed by atoms with van der Waals surface area (Å²) >= 11 is 6.04. The van der Waals surface area contributed by atoms with Gasteiger partial charge in [-0.05, 0) is 18.2 Å². The number of methoxy groups -OCH3 is 1. The lowest BCUT2D eigenvalue weighted by molar-refractivity contribution is 0.0744. The molecule has 102 valence electrons. The highest BCUT2D eigenvalue weighted by Crippen LogP contribution is 2.18. The van der Waals surface area contributed by atoms with Crippen LogP contribution < -0.4 is 0 Å². The lowest BCUT2D eigenvalue weighted by atomic mass is 10.1. The van der Waals surface area contributed by atoms with Crippen molar-refractivity contribution in [3.8, 4) is 11.8 Å². The zero-order valence-electron chi connectivity index (χ0n) is 10.9. The molecule has 0 heterocycles. The Morgan fingerprint density at radius 1 is 1.53 bits per heavy atom. The van der Waals surface area contributed by atoms with Crippen molar-refractivity contribution in [2.24, 2.45) is 0 Å². The molecule has 1 rings (SSSR count). The predicted octanol–water partition coefficient (Wildman–Crippen LogP) is 1.40. The maximum atomic E-state index is 12.1. The van der Waals surface area contributed by atoms with E-state index in [1.165, 1.54) is 0 Å². The maximum absolute atomic E-state index is 12.1. The van der Waals surface area contributed by atoms with Gasteiger partial charge in [-0.3, -0.25) is 4.79 Å². The van der Waals surface area contributed by atoms with Crippen molar-refractivity contribution in [1.29, 1.82) is 0 Å². The van der Waals surface area contributed by atoms with Gasteiger partial charge < -0.3 is 14.7 Å². The molecule has 1 amide bonds. The number of rotatable bonds is 4. The maximum Gasteiger partial charge on any atom is 0.253 e. The Balaban J connectivity index is 2.85. The van der Waals surface area contributed by atoms with Gasteiger partial charge in [0, 0.05) is 31.8 Å². The molecule has 0 radical (unpaired) electrons. The molecule has 0 aliphatic carbocycles. The zero-order valence-corrected chi connectivity index (χ0v) is 11.7. The SMILES string of the molecule is COCCN(C)C(=O)c1ccc(C#CCO)c(Cl)c1. The van der Waals surface area contributed by atoms with E-state index in [4.69, 9.17) is 21.4 Å². The van der Waals surface area contributed by atoms with Crippen LogP contribution in [-0.4, -0.2) is 49.8 Å². The van der Waals surface area contributed by atoms with Crippen LogP contribution in [0.2, 0.25) is 5.02 Å². The quantitative estimate of drug-likeness (QED) is 0.849. The number of amides is 1. The average Bonchev–Trinajstić information content (AvgIpc) is 2.42. The summed E-state index contributed by atoms with van der Waals surface area (Å²) in [7, 11) is 3.29. The van der Waals surface area contributed by atoms with Crippen LogP contribution in [-0.2, 0) is 4.74 Å². The molecule has 5 heteroatoms. The number of nitrogens with zero attached hydrogens (tertiary/aromatic N) is 1. The molecule has 0 saturated carbocycles. The number of likely N-dealkylation sites (N-methyl/N-ethyl adjacent to an activating group) is 1. The first kappa shape index (κ1) is 15.5. The topological polar surface area (TPSA) is 49.8 Å². The van der Waals surface area contributed by atoms with E-state index >= 15 is 0 Å². The molecule has 19 heavy (non-hydrogen) atoms. The van der Waals surface area contributed by atoms with Crippen molar-refractivity contribution < 1.29 is 14.6 Å². The fraction of sp³-hybridized carbons (Fsp3) is 0.357. The summed E-state index contributed by atoms with van der Waals surface area (Å²) in [5.41, 5.74) is 1.09. The van der Waals surface area contributed by atoms with Gasteiger partial charge in [0.05, 0.1) is 11.6 Å². The monoisotopic (exact) mass is 281 g/mol. The molecule has 0 atom stereocenters. The van der Waals surface area contributed by atoms with Crippen molar-refractivity contribution in [2.75, 3.05) is 33.9 Å². The molecule has 0 aliphatic heterocycles. The minimum atomic E-state index is -0.225. The van der Waals surface area contributed by atoms with Crippen LogP contribution >= 0.6 is 11.6 Å². The summed E-state index contributed by atoms with van der Waals surface area (Å²) in [5.74, 6) is 5.10. The van der Waals surface area contributed by atoms with Crippen LogP contribution in [0.4, 0.5) is 0 Å². The molecular weight excluding hydrogens is 266 g/mol. The first-order valence-electron chi connectivity index (χ1n) is 5.73. The number of carbonyl (C=O) groups excluding carboxylic acids is 1. The number of carbonyl (C=O) groups is 1. The molecule has 0 aliphatic rings. The van der Waals surface area contributed by atoms with Gasteiger partial charge in [0.15, 0.2) is 0 Å². The highest BCUT2D eigenvalue weighted by atomic mass is 35.5. The fourth-order valence-electron chi connectivity index (χ4n) is 1.43. The summed E-state index contributed by atoms with van der Waals surface area (Å²) in [6.07, 6.45) is 0. The smallest absolute Gasteiger partial charge is 0.253 e. The van der Waals surface area contributed by atoms with Gasteiger partial charge in [-0.1, -0.05) is 23.4 Å². The van der Waals surface area contributed by atoms with Crippen LogP contribution in [0.15, 0.2) is 18.2 Å². The molecule has 0 aromatic heterocycles. The van der Waals surface area contributed by atoms with Crippen LogP contribution in [0.25, 0.3) is 0 Å². The number of benzene rings is 1. The van der Waals surface area contributed by atoms with Gasteiger partial charge in [-0.2, -0.15) is 0 Å². The van der Waals surface area contributed by atoms with Crippen molar-refractivity contribution in [3.05, 3.63) is 34.3 Å².